The summed E-state index contributed by atoms with van der Waals surface area (Å²) < 4.78 is 49.7. The summed E-state index contributed by atoms with van der Waals surface area (Å²) in [5, 5.41) is 0.652. The van der Waals surface area contributed by atoms with Crippen molar-refractivity contribution < 1.29 is 52.2 Å². The smallest absolute Gasteiger partial charge is 0.345 e. The summed E-state index contributed by atoms with van der Waals surface area (Å²) in [5.74, 6) is 0.101. The first kappa shape index (κ1) is 25.5. The number of benzene rings is 3. The van der Waals surface area contributed by atoms with Gasteiger partial charge in [-0.2, -0.15) is 0 Å². The van der Waals surface area contributed by atoms with Gasteiger partial charge in [0.25, 0.3) is 0 Å². The number of hydrogen-bond acceptors (Lipinski definition) is 11. The third-order valence-corrected chi connectivity index (χ3v) is 6.00. The largest absolute Gasteiger partial charge is 0.493 e. The molecule has 4 rings (SSSR count). The first-order valence-corrected chi connectivity index (χ1v) is 10.9. The number of rotatable bonds is 8. The maximum absolute atomic E-state index is 13.3. The number of carbonyl (C=O) groups is 2. The van der Waals surface area contributed by atoms with Crippen LogP contribution in [0, 0.1) is 0 Å². The summed E-state index contributed by atoms with van der Waals surface area (Å²) in [7, 11) is 9.94. The van der Waals surface area contributed by atoms with E-state index in [9.17, 15) is 9.59 Å². The summed E-state index contributed by atoms with van der Waals surface area (Å²) in [4.78, 5) is 26.4. The third-order valence-electron chi connectivity index (χ3n) is 6.00. The number of carbonyl (C=O) groups excluding carboxylic acids is 2. The molecule has 0 spiro atoms. The molecule has 0 radical (unpaired) electrons. The predicted octanol–water partition coefficient (Wildman–Crippen LogP) is 3.85. The van der Waals surface area contributed by atoms with E-state index in [2.05, 4.69) is 0 Å². The number of esters is 2. The molecule has 0 N–H and O–H groups in total. The highest BCUT2D eigenvalue weighted by atomic mass is 16.7. The average Bonchev–Trinajstić information content (AvgIpc) is 2.94. The number of hydrogen-bond donors (Lipinski definition) is 0. The van der Waals surface area contributed by atoms with Crippen LogP contribution in [0.2, 0.25) is 0 Å². The Hall–Kier alpha value is -4.54. The van der Waals surface area contributed by atoms with Crippen molar-refractivity contribution in [1.82, 2.24) is 0 Å². The van der Waals surface area contributed by atoms with Crippen molar-refractivity contribution in [1.29, 1.82) is 0 Å². The molecule has 1 aliphatic heterocycles. The van der Waals surface area contributed by atoms with Gasteiger partial charge in [0.2, 0.25) is 18.3 Å². The minimum absolute atomic E-state index is 0.0481. The van der Waals surface area contributed by atoms with Gasteiger partial charge in [-0.05, 0) is 17.7 Å². The van der Waals surface area contributed by atoms with Crippen LogP contribution >= 0.6 is 0 Å². The Bertz CT molecular complexity index is 1390. The van der Waals surface area contributed by atoms with E-state index < -0.39 is 11.9 Å². The minimum Gasteiger partial charge on any atom is -0.493 e. The lowest BCUT2D eigenvalue weighted by atomic mass is 9.86. The zero-order chi connectivity index (χ0) is 26.9. The van der Waals surface area contributed by atoms with E-state index >= 15 is 0 Å². The van der Waals surface area contributed by atoms with Gasteiger partial charge in [-0.15, -0.1) is 0 Å². The monoisotopic (exact) mass is 514 g/mol. The molecule has 0 bridgehead atoms. The summed E-state index contributed by atoms with van der Waals surface area (Å²) in [6.45, 7) is -0.378. The minimum atomic E-state index is -0.804. The third kappa shape index (κ3) is 3.83. The van der Waals surface area contributed by atoms with Crippen molar-refractivity contribution in [2.75, 3.05) is 56.6 Å². The Labute approximate surface area is 212 Å². The highest BCUT2D eigenvalue weighted by Crippen LogP contribution is 2.58. The molecule has 0 saturated carbocycles. The fourth-order valence-corrected chi connectivity index (χ4v) is 4.50. The maximum Gasteiger partial charge on any atom is 0.345 e. The van der Waals surface area contributed by atoms with Crippen molar-refractivity contribution in [2.45, 2.75) is 0 Å². The van der Waals surface area contributed by atoms with Crippen molar-refractivity contribution in [3.05, 3.63) is 29.3 Å². The summed E-state index contributed by atoms with van der Waals surface area (Å²) in [5.41, 5.74) is 0.495. The highest BCUT2D eigenvalue weighted by molar-refractivity contribution is 6.22. The molecule has 0 amide bonds. The van der Waals surface area contributed by atoms with Crippen LogP contribution in [0.1, 0.15) is 20.7 Å². The molecule has 0 aliphatic carbocycles. The molecule has 37 heavy (non-hydrogen) atoms. The van der Waals surface area contributed by atoms with Gasteiger partial charge >= 0.3 is 11.9 Å². The van der Waals surface area contributed by atoms with E-state index in [1.807, 2.05) is 0 Å². The molecule has 0 atom stereocenters. The average molecular weight is 514 g/mol. The molecule has 0 fully saturated rings. The second-order valence-electron chi connectivity index (χ2n) is 7.59. The normalized spacial score (nSPS) is 12.1. The lowest BCUT2D eigenvalue weighted by Gasteiger charge is -2.27. The van der Waals surface area contributed by atoms with Crippen LogP contribution in [0.5, 0.6) is 40.2 Å². The van der Waals surface area contributed by atoms with Gasteiger partial charge in [0, 0.05) is 10.9 Å². The molecule has 1 heterocycles. The molecular formula is C26H26O11. The van der Waals surface area contributed by atoms with Crippen LogP contribution in [-0.2, 0) is 9.47 Å². The Balaban J connectivity index is 2.38. The molecule has 0 unspecified atom stereocenters. The summed E-state index contributed by atoms with van der Waals surface area (Å²) >= 11 is 0. The molecule has 1 aliphatic rings. The van der Waals surface area contributed by atoms with E-state index in [-0.39, 0.29) is 52.2 Å². The van der Waals surface area contributed by atoms with Gasteiger partial charge in [0.1, 0.15) is 5.56 Å². The highest BCUT2D eigenvalue weighted by Gasteiger charge is 2.39. The van der Waals surface area contributed by atoms with Gasteiger partial charge in [-0.25, -0.2) is 9.59 Å². The lowest BCUT2D eigenvalue weighted by Crippen LogP contribution is -2.24. The van der Waals surface area contributed by atoms with Crippen LogP contribution in [0.15, 0.2) is 18.2 Å². The first-order chi connectivity index (χ1) is 17.9. The van der Waals surface area contributed by atoms with Gasteiger partial charge in [0.15, 0.2) is 28.7 Å². The molecule has 3 aromatic carbocycles. The Morgan fingerprint density at radius 2 is 1.30 bits per heavy atom. The fraction of sp³-hybridized carbons (Fsp3) is 0.308. The topological polar surface area (TPSA) is 117 Å². The second-order valence-corrected chi connectivity index (χ2v) is 7.59. The van der Waals surface area contributed by atoms with Gasteiger partial charge in [-0.3, -0.25) is 0 Å². The van der Waals surface area contributed by atoms with E-state index in [0.29, 0.717) is 27.8 Å². The Kier molecular flexibility index (Phi) is 7.05. The maximum atomic E-state index is 13.3. The summed E-state index contributed by atoms with van der Waals surface area (Å²) in [6, 6.07) is 5.02. The quantitative estimate of drug-likeness (QED) is 0.408. The number of fused-ring (bicyclic) bond motifs is 3. The zero-order valence-corrected chi connectivity index (χ0v) is 21.4. The molecule has 3 aromatic rings. The van der Waals surface area contributed by atoms with Crippen molar-refractivity contribution in [3.8, 4) is 51.4 Å². The summed E-state index contributed by atoms with van der Waals surface area (Å²) in [6.07, 6.45) is 0. The van der Waals surface area contributed by atoms with Crippen LogP contribution in [0.4, 0.5) is 0 Å². The van der Waals surface area contributed by atoms with Gasteiger partial charge in [-0.1, -0.05) is 6.07 Å². The van der Waals surface area contributed by atoms with Crippen molar-refractivity contribution in [3.63, 3.8) is 0 Å². The van der Waals surface area contributed by atoms with E-state index in [0.717, 1.165) is 0 Å². The van der Waals surface area contributed by atoms with Crippen molar-refractivity contribution in [2.24, 2.45) is 0 Å². The molecule has 11 heteroatoms. The molecule has 196 valence electrons. The van der Waals surface area contributed by atoms with Crippen molar-refractivity contribution >= 4 is 22.7 Å². The van der Waals surface area contributed by atoms with Gasteiger partial charge < -0.3 is 42.6 Å². The molecule has 0 saturated heterocycles. The van der Waals surface area contributed by atoms with Crippen LogP contribution < -0.4 is 33.2 Å². The number of ether oxygens (including phenoxy) is 9. The zero-order valence-electron chi connectivity index (χ0n) is 21.4. The Morgan fingerprint density at radius 1 is 0.703 bits per heavy atom. The standard InChI is InChI=1S/C26H26O11/c1-29-13-9-8-12(10-14(13)30-2)15-16-18(22(32-4)24(34-6)23(33-5)21(16)31-3)20-19(17(15)25(27)35-7)26(28)37-11-36-20/h8-10H,11H2,1-7H3. The molecular weight excluding hydrogens is 488 g/mol. The SMILES string of the molecule is COC(=O)c1c2c(c3c(OC)c(OC)c(OC)c(OC)c3c1-c1ccc(OC)c(OC)c1)OCOC2=O. The second kappa shape index (κ2) is 10.2. The fourth-order valence-electron chi connectivity index (χ4n) is 4.50. The van der Waals surface area contributed by atoms with Crippen LogP contribution in [-0.4, -0.2) is 68.5 Å². The van der Waals surface area contributed by atoms with Gasteiger partial charge in [0.05, 0.1) is 60.7 Å². The first-order valence-electron chi connectivity index (χ1n) is 10.9. The number of methoxy groups -OCH3 is 7. The Morgan fingerprint density at radius 3 is 1.84 bits per heavy atom. The molecule has 0 aromatic heterocycles. The predicted molar refractivity (Wildman–Crippen MR) is 131 cm³/mol. The van der Waals surface area contributed by atoms with E-state index in [4.69, 9.17) is 42.6 Å². The van der Waals surface area contributed by atoms with Crippen LogP contribution in [0.25, 0.3) is 21.9 Å². The lowest BCUT2D eigenvalue weighted by molar-refractivity contribution is 0.00490. The molecule has 11 nitrogen and oxygen atoms in total. The number of cyclic esters (lactones) is 1. The van der Waals surface area contributed by atoms with E-state index in [1.165, 1.54) is 49.8 Å². The van der Waals surface area contributed by atoms with E-state index in [1.54, 1.807) is 18.2 Å². The van der Waals surface area contributed by atoms with Crippen LogP contribution in [0.3, 0.4) is 0 Å².